The molecule has 1 atom stereocenters. The van der Waals surface area contributed by atoms with Crippen molar-refractivity contribution in [1.29, 1.82) is 0 Å². The van der Waals surface area contributed by atoms with E-state index in [1.807, 2.05) is 0 Å². The van der Waals surface area contributed by atoms with Crippen LogP contribution in [0.4, 0.5) is 11.8 Å². The maximum atomic E-state index is 6.10. The van der Waals surface area contributed by atoms with Gasteiger partial charge < -0.3 is 10.6 Å². The monoisotopic (exact) mass is 324 g/mol. The van der Waals surface area contributed by atoms with Crippen LogP contribution in [0.3, 0.4) is 0 Å². The van der Waals surface area contributed by atoms with Gasteiger partial charge in [0.05, 0.1) is 5.69 Å². The highest BCUT2D eigenvalue weighted by molar-refractivity contribution is 5.55. The molecule has 0 radical (unpaired) electrons. The van der Waals surface area contributed by atoms with Gasteiger partial charge in [0.1, 0.15) is 5.82 Å². The smallest absolute Gasteiger partial charge is 0.222 e. The lowest BCUT2D eigenvalue weighted by Crippen LogP contribution is -2.29. The molecule has 1 aromatic carbocycles. The Kier molecular flexibility index (Phi) is 5.34. The quantitative estimate of drug-likeness (QED) is 0.867. The average Bonchev–Trinajstić information content (AvgIpc) is 2.62. The molecule has 4 heteroatoms. The summed E-state index contributed by atoms with van der Waals surface area (Å²) in [6, 6.07) is 10.7. The fraction of sp³-hybridized carbons (Fsp3) is 0.500. The minimum absolute atomic E-state index is 0.337. The van der Waals surface area contributed by atoms with E-state index < -0.39 is 0 Å². The van der Waals surface area contributed by atoms with Crippen molar-refractivity contribution in [3.8, 4) is 0 Å². The number of nitrogens with zero attached hydrogens (tertiary/aromatic N) is 3. The van der Waals surface area contributed by atoms with Gasteiger partial charge in [-0.25, -0.2) is 4.98 Å². The minimum Gasteiger partial charge on any atom is -0.368 e. The van der Waals surface area contributed by atoms with Gasteiger partial charge >= 0.3 is 0 Å². The van der Waals surface area contributed by atoms with E-state index in [9.17, 15) is 0 Å². The summed E-state index contributed by atoms with van der Waals surface area (Å²) < 4.78 is 0. The number of anilines is 2. The number of unbranched alkanes of at least 4 members (excludes halogenated alkanes) is 1. The Hall–Kier alpha value is -2.10. The first-order valence-electron chi connectivity index (χ1n) is 9.20. The molecular formula is C20H28N4. The molecule has 3 rings (SSSR count). The highest BCUT2D eigenvalue weighted by Gasteiger charge is 2.28. The Morgan fingerprint density at radius 3 is 2.67 bits per heavy atom. The Labute approximate surface area is 145 Å². The molecule has 0 saturated carbocycles. The number of nitrogen functional groups attached to an aromatic ring is 1. The molecular weight excluding hydrogens is 296 g/mol. The van der Waals surface area contributed by atoms with Crippen molar-refractivity contribution in [1.82, 2.24) is 9.97 Å². The van der Waals surface area contributed by atoms with Gasteiger partial charge in [-0.1, -0.05) is 43.7 Å². The summed E-state index contributed by atoms with van der Waals surface area (Å²) in [7, 11) is 0. The standard InChI is InChI=1S/C20H28N4/c1-3-5-14-24(4-2)19-17-13-9-12-16(15-10-7-6-8-11-15)18(17)22-20(21)23-19/h6-8,10-11,16H,3-5,9,12-14H2,1-2H3,(H2,21,22,23). The second-order valence-corrected chi connectivity index (χ2v) is 6.56. The third-order valence-corrected chi connectivity index (χ3v) is 4.95. The van der Waals surface area contributed by atoms with Crippen molar-refractivity contribution in [2.24, 2.45) is 0 Å². The molecule has 2 aromatic rings. The van der Waals surface area contributed by atoms with E-state index in [0.717, 1.165) is 37.4 Å². The Morgan fingerprint density at radius 2 is 1.96 bits per heavy atom. The highest BCUT2D eigenvalue weighted by atomic mass is 15.2. The Bertz CT molecular complexity index is 669. The summed E-state index contributed by atoms with van der Waals surface area (Å²) >= 11 is 0. The molecule has 0 aliphatic heterocycles. The van der Waals surface area contributed by atoms with E-state index in [1.165, 1.54) is 30.4 Å². The summed E-state index contributed by atoms with van der Waals surface area (Å²) in [5.41, 5.74) is 9.88. The van der Waals surface area contributed by atoms with E-state index >= 15 is 0 Å². The second kappa shape index (κ2) is 7.65. The van der Waals surface area contributed by atoms with E-state index in [4.69, 9.17) is 5.73 Å². The van der Waals surface area contributed by atoms with Crippen molar-refractivity contribution in [3.63, 3.8) is 0 Å². The molecule has 0 spiro atoms. The number of nitrogens with two attached hydrogens (primary N) is 1. The summed E-state index contributed by atoms with van der Waals surface area (Å²) in [6.07, 6.45) is 5.73. The first kappa shape index (κ1) is 16.7. The molecule has 1 aliphatic carbocycles. The van der Waals surface area contributed by atoms with Gasteiger partial charge in [-0.15, -0.1) is 0 Å². The lowest BCUT2D eigenvalue weighted by atomic mass is 9.82. The van der Waals surface area contributed by atoms with Crippen molar-refractivity contribution in [2.45, 2.75) is 51.9 Å². The maximum absolute atomic E-state index is 6.10. The van der Waals surface area contributed by atoms with Crippen LogP contribution in [0, 0.1) is 0 Å². The zero-order chi connectivity index (χ0) is 16.9. The van der Waals surface area contributed by atoms with Crippen LogP contribution < -0.4 is 10.6 Å². The minimum atomic E-state index is 0.337. The molecule has 0 fully saturated rings. The van der Waals surface area contributed by atoms with Crippen LogP contribution in [-0.4, -0.2) is 23.1 Å². The number of hydrogen-bond acceptors (Lipinski definition) is 4. The van der Waals surface area contributed by atoms with E-state index in [-0.39, 0.29) is 0 Å². The van der Waals surface area contributed by atoms with Gasteiger partial charge in [0, 0.05) is 24.6 Å². The number of rotatable bonds is 6. The summed E-state index contributed by atoms with van der Waals surface area (Å²) in [5, 5.41) is 0. The van der Waals surface area contributed by atoms with Gasteiger partial charge in [0.25, 0.3) is 0 Å². The molecule has 2 N–H and O–H groups in total. The molecule has 0 saturated heterocycles. The normalized spacial score (nSPS) is 16.7. The largest absolute Gasteiger partial charge is 0.368 e. The van der Waals surface area contributed by atoms with Crippen LogP contribution in [0.25, 0.3) is 0 Å². The first-order valence-corrected chi connectivity index (χ1v) is 9.20. The van der Waals surface area contributed by atoms with Crippen molar-refractivity contribution >= 4 is 11.8 Å². The predicted molar refractivity (Wildman–Crippen MR) is 100 cm³/mol. The van der Waals surface area contributed by atoms with E-state index in [2.05, 4.69) is 59.0 Å². The molecule has 4 nitrogen and oxygen atoms in total. The topological polar surface area (TPSA) is 55.0 Å². The van der Waals surface area contributed by atoms with Gasteiger partial charge in [-0.3, -0.25) is 0 Å². The number of hydrogen-bond donors (Lipinski definition) is 1. The van der Waals surface area contributed by atoms with Crippen LogP contribution >= 0.6 is 0 Å². The third-order valence-electron chi connectivity index (χ3n) is 4.95. The fourth-order valence-electron chi connectivity index (χ4n) is 3.69. The number of fused-ring (bicyclic) bond motifs is 1. The average molecular weight is 324 g/mol. The Morgan fingerprint density at radius 1 is 1.17 bits per heavy atom. The highest BCUT2D eigenvalue weighted by Crippen LogP contribution is 2.39. The molecule has 1 aliphatic rings. The molecule has 1 unspecified atom stereocenters. The molecule has 1 heterocycles. The van der Waals surface area contributed by atoms with Gasteiger partial charge in [-0.05, 0) is 38.2 Å². The number of aromatic nitrogens is 2. The van der Waals surface area contributed by atoms with Gasteiger partial charge in [0.2, 0.25) is 5.95 Å². The van der Waals surface area contributed by atoms with Gasteiger partial charge in [0.15, 0.2) is 0 Å². The van der Waals surface area contributed by atoms with Crippen LogP contribution in [-0.2, 0) is 6.42 Å². The van der Waals surface area contributed by atoms with Crippen molar-refractivity contribution in [3.05, 3.63) is 47.2 Å². The maximum Gasteiger partial charge on any atom is 0.222 e. The lowest BCUT2D eigenvalue weighted by Gasteiger charge is -2.31. The second-order valence-electron chi connectivity index (χ2n) is 6.56. The zero-order valence-corrected chi connectivity index (χ0v) is 14.8. The number of benzene rings is 1. The molecule has 1 aromatic heterocycles. The third kappa shape index (κ3) is 3.37. The summed E-state index contributed by atoms with van der Waals surface area (Å²) in [4.78, 5) is 11.7. The summed E-state index contributed by atoms with van der Waals surface area (Å²) in [5.74, 6) is 1.81. The first-order chi connectivity index (χ1) is 11.7. The Balaban J connectivity index is 2.03. The van der Waals surface area contributed by atoms with Crippen molar-refractivity contribution in [2.75, 3.05) is 23.7 Å². The van der Waals surface area contributed by atoms with Gasteiger partial charge in [-0.2, -0.15) is 4.98 Å². The van der Waals surface area contributed by atoms with Crippen LogP contribution in [0.15, 0.2) is 30.3 Å². The SMILES string of the molecule is CCCCN(CC)c1nc(N)nc2c1CCCC2c1ccccc1. The van der Waals surface area contributed by atoms with Crippen LogP contribution in [0.5, 0.6) is 0 Å². The lowest BCUT2D eigenvalue weighted by molar-refractivity contribution is 0.591. The molecule has 128 valence electrons. The molecule has 0 bridgehead atoms. The zero-order valence-electron chi connectivity index (χ0n) is 14.8. The fourth-order valence-corrected chi connectivity index (χ4v) is 3.69. The van der Waals surface area contributed by atoms with E-state index in [1.54, 1.807) is 0 Å². The van der Waals surface area contributed by atoms with Crippen LogP contribution in [0.1, 0.15) is 62.3 Å². The van der Waals surface area contributed by atoms with Crippen LogP contribution in [0.2, 0.25) is 0 Å². The van der Waals surface area contributed by atoms with Crippen molar-refractivity contribution < 1.29 is 0 Å². The molecule has 24 heavy (non-hydrogen) atoms. The predicted octanol–water partition coefficient (Wildman–Crippen LogP) is 4.15. The summed E-state index contributed by atoms with van der Waals surface area (Å²) in [6.45, 7) is 6.41. The van der Waals surface area contributed by atoms with E-state index in [0.29, 0.717) is 11.9 Å². The molecule has 0 amide bonds.